The molecule has 1 aromatic heterocycles. The number of nitrogens with zero attached hydrogens (tertiary/aromatic N) is 4. The van der Waals surface area contributed by atoms with Crippen LogP contribution in [0.2, 0.25) is 0 Å². The molecule has 26 heavy (non-hydrogen) atoms. The van der Waals surface area contributed by atoms with Gasteiger partial charge in [0.2, 0.25) is 11.8 Å². The number of hydrogen-bond acceptors (Lipinski definition) is 4. The fraction of sp³-hybridized carbons (Fsp3) is 0.650. The third-order valence-electron chi connectivity index (χ3n) is 5.72. The summed E-state index contributed by atoms with van der Waals surface area (Å²) in [6.45, 7) is 6.37. The molecule has 6 nitrogen and oxygen atoms in total. The topological polar surface area (TPSA) is 56.8 Å². The van der Waals surface area contributed by atoms with Crippen LogP contribution in [0.4, 0.5) is 0 Å². The Morgan fingerprint density at radius 2 is 2.19 bits per heavy atom. The van der Waals surface area contributed by atoms with Gasteiger partial charge in [-0.25, -0.2) is 0 Å². The fourth-order valence-corrected chi connectivity index (χ4v) is 4.33. The van der Waals surface area contributed by atoms with Crippen LogP contribution in [-0.2, 0) is 16.1 Å². The lowest BCUT2D eigenvalue weighted by atomic mass is 9.73. The molecule has 2 aliphatic rings. The average molecular weight is 358 g/mol. The number of rotatable bonds is 5. The van der Waals surface area contributed by atoms with Gasteiger partial charge >= 0.3 is 0 Å². The normalized spacial score (nSPS) is 23.7. The first-order chi connectivity index (χ1) is 12.5. The van der Waals surface area contributed by atoms with Crippen molar-refractivity contribution in [3.63, 3.8) is 0 Å². The van der Waals surface area contributed by atoms with Crippen molar-refractivity contribution in [1.29, 1.82) is 0 Å². The monoisotopic (exact) mass is 358 g/mol. The highest BCUT2D eigenvalue weighted by Gasteiger charge is 2.42. The van der Waals surface area contributed by atoms with Gasteiger partial charge in [-0.3, -0.25) is 19.5 Å². The predicted octanol–water partition coefficient (Wildman–Crippen LogP) is 1.76. The molecule has 0 bridgehead atoms. The lowest BCUT2D eigenvalue weighted by Gasteiger charge is -2.48. The van der Waals surface area contributed by atoms with E-state index in [9.17, 15) is 9.59 Å². The zero-order valence-electron chi connectivity index (χ0n) is 16.0. The summed E-state index contributed by atoms with van der Waals surface area (Å²) in [6, 6.07) is 3.95. The van der Waals surface area contributed by atoms with Gasteiger partial charge in [0.15, 0.2) is 0 Å². The molecule has 0 saturated carbocycles. The van der Waals surface area contributed by atoms with Crippen molar-refractivity contribution in [3.8, 4) is 0 Å². The predicted molar refractivity (Wildman–Crippen MR) is 100 cm³/mol. The van der Waals surface area contributed by atoms with E-state index in [1.165, 1.54) is 0 Å². The number of hydrogen-bond donors (Lipinski definition) is 0. The van der Waals surface area contributed by atoms with E-state index in [0.717, 1.165) is 57.5 Å². The van der Waals surface area contributed by atoms with Crippen molar-refractivity contribution in [2.45, 2.75) is 39.2 Å². The van der Waals surface area contributed by atoms with Crippen molar-refractivity contribution in [1.82, 2.24) is 19.7 Å². The maximum atomic E-state index is 12.8. The molecule has 1 spiro atoms. The van der Waals surface area contributed by atoms with Crippen molar-refractivity contribution < 1.29 is 9.59 Å². The van der Waals surface area contributed by atoms with E-state index in [4.69, 9.17) is 0 Å². The summed E-state index contributed by atoms with van der Waals surface area (Å²) in [7, 11) is 1.97. The Morgan fingerprint density at radius 1 is 1.35 bits per heavy atom. The molecule has 2 aliphatic heterocycles. The molecular weight excluding hydrogens is 328 g/mol. The molecule has 2 fully saturated rings. The number of piperidine rings is 2. The summed E-state index contributed by atoms with van der Waals surface area (Å²) >= 11 is 0. The lowest BCUT2D eigenvalue weighted by molar-refractivity contribution is -0.143. The van der Waals surface area contributed by atoms with Gasteiger partial charge in [0, 0.05) is 57.0 Å². The number of likely N-dealkylation sites (N-methyl/N-ethyl adjacent to an activating group) is 1. The van der Waals surface area contributed by atoms with E-state index in [2.05, 4.69) is 4.98 Å². The van der Waals surface area contributed by atoms with Crippen LogP contribution in [0.15, 0.2) is 24.5 Å². The number of amides is 2. The summed E-state index contributed by atoms with van der Waals surface area (Å²) < 4.78 is 0. The molecule has 0 N–H and O–H groups in total. The Labute approximate surface area is 156 Å². The molecule has 142 valence electrons. The van der Waals surface area contributed by atoms with Crippen LogP contribution in [0.3, 0.4) is 0 Å². The van der Waals surface area contributed by atoms with Gasteiger partial charge in [0.25, 0.3) is 0 Å². The van der Waals surface area contributed by atoms with Crippen molar-refractivity contribution in [3.05, 3.63) is 30.1 Å². The highest BCUT2D eigenvalue weighted by atomic mass is 16.2. The highest BCUT2D eigenvalue weighted by Crippen LogP contribution is 2.38. The molecule has 6 heteroatoms. The quantitative estimate of drug-likeness (QED) is 0.805. The smallest absolute Gasteiger partial charge is 0.236 e. The van der Waals surface area contributed by atoms with Gasteiger partial charge in [-0.05, 0) is 44.9 Å². The van der Waals surface area contributed by atoms with Crippen molar-refractivity contribution in [2.24, 2.45) is 5.41 Å². The Balaban J connectivity index is 1.57. The summed E-state index contributed by atoms with van der Waals surface area (Å²) in [4.78, 5) is 35.0. The number of carbonyl (C=O) groups excluding carboxylic acids is 2. The minimum Gasteiger partial charge on any atom is -0.342 e. The van der Waals surface area contributed by atoms with E-state index in [1.807, 2.05) is 47.0 Å². The first-order valence-corrected chi connectivity index (χ1v) is 9.64. The summed E-state index contributed by atoms with van der Waals surface area (Å²) in [6.07, 6.45) is 7.29. The molecule has 2 amide bonds. The van der Waals surface area contributed by atoms with Crippen LogP contribution < -0.4 is 0 Å². The standard InChI is InChI=1S/C20H30N4O2/c1-3-23-15-20(9-7-18(23)25)8-5-11-24(16-20)19(26)14-22(2)13-17-6-4-10-21-12-17/h4,6,10,12H,3,5,7-9,11,13-16H2,1-2H3/t20-/m0/s1. The Morgan fingerprint density at radius 3 is 2.92 bits per heavy atom. The second-order valence-electron chi connectivity index (χ2n) is 7.86. The zero-order chi connectivity index (χ0) is 18.6. The van der Waals surface area contributed by atoms with Crippen LogP contribution in [0.5, 0.6) is 0 Å². The molecule has 0 unspecified atom stereocenters. The number of likely N-dealkylation sites (tertiary alicyclic amines) is 2. The maximum Gasteiger partial charge on any atom is 0.236 e. The van der Waals surface area contributed by atoms with Gasteiger partial charge in [0.05, 0.1) is 6.54 Å². The molecule has 0 radical (unpaired) electrons. The molecule has 0 aromatic carbocycles. The Kier molecular flexibility index (Phi) is 5.91. The van der Waals surface area contributed by atoms with Crippen LogP contribution >= 0.6 is 0 Å². The van der Waals surface area contributed by atoms with Gasteiger partial charge in [-0.1, -0.05) is 6.07 Å². The number of carbonyl (C=O) groups is 2. The lowest BCUT2D eigenvalue weighted by Crippen LogP contribution is -2.55. The van der Waals surface area contributed by atoms with E-state index in [0.29, 0.717) is 13.0 Å². The van der Waals surface area contributed by atoms with Gasteiger partial charge in [-0.2, -0.15) is 0 Å². The zero-order valence-corrected chi connectivity index (χ0v) is 16.0. The Bertz CT molecular complexity index is 636. The first kappa shape index (κ1) is 18.8. The minimum atomic E-state index is 0.0970. The highest BCUT2D eigenvalue weighted by molar-refractivity contribution is 5.79. The van der Waals surface area contributed by atoms with Crippen molar-refractivity contribution >= 4 is 11.8 Å². The van der Waals surface area contributed by atoms with Crippen LogP contribution in [0.25, 0.3) is 0 Å². The first-order valence-electron chi connectivity index (χ1n) is 9.64. The molecule has 1 atom stereocenters. The molecule has 0 aliphatic carbocycles. The number of aromatic nitrogens is 1. The van der Waals surface area contributed by atoms with E-state index >= 15 is 0 Å². The van der Waals surface area contributed by atoms with Gasteiger partial charge in [-0.15, -0.1) is 0 Å². The summed E-state index contributed by atoms with van der Waals surface area (Å²) in [5, 5.41) is 0. The summed E-state index contributed by atoms with van der Waals surface area (Å²) in [5.41, 5.74) is 1.21. The second-order valence-corrected chi connectivity index (χ2v) is 7.86. The molecule has 3 rings (SSSR count). The van der Waals surface area contributed by atoms with E-state index in [-0.39, 0.29) is 17.2 Å². The summed E-state index contributed by atoms with van der Waals surface area (Å²) in [5.74, 6) is 0.452. The van der Waals surface area contributed by atoms with Crippen LogP contribution in [0.1, 0.15) is 38.2 Å². The maximum absolute atomic E-state index is 12.8. The molecular formula is C20H30N4O2. The van der Waals surface area contributed by atoms with Crippen molar-refractivity contribution in [2.75, 3.05) is 39.8 Å². The van der Waals surface area contributed by atoms with E-state index < -0.39 is 0 Å². The SMILES string of the molecule is CCN1C[C@]2(CCCN(C(=O)CN(C)Cc3cccnc3)C2)CCC1=O. The molecule has 1 aromatic rings. The van der Waals surface area contributed by atoms with Gasteiger partial charge < -0.3 is 9.80 Å². The second kappa shape index (κ2) is 8.16. The van der Waals surface area contributed by atoms with Crippen LogP contribution in [0, 0.1) is 5.41 Å². The third kappa shape index (κ3) is 4.41. The average Bonchev–Trinajstić information content (AvgIpc) is 2.65. The molecule has 2 saturated heterocycles. The van der Waals surface area contributed by atoms with Crippen LogP contribution in [-0.4, -0.2) is 71.3 Å². The minimum absolute atomic E-state index is 0.0970. The third-order valence-corrected chi connectivity index (χ3v) is 5.72. The Hall–Kier alpha value is -1.95. The van der Waals surface area contributed by atoms with E-state index in [1.54, 1.807) is 6.20 Å². The molecule has 3 heterocycles. The largest absolute Gasteiger partial charge is 0.342 e. The fourth-order valence-electron chi connectivity index (χ4n) is 4.33. The number of pyridine rings is 1. The van der Waals surface area contributed by atoms with Gasteiger partial charge in [0.1, 0.15) is 0 Å².